The molecule has 2 aromatic rings. The van der Waals surface area contributed by atoms with Crippen molar-refractivity contribution < 1.29 is 13.2 Å². The van der Waals surface area contributed by atoms with Crippen LogP contribution in [-0.4, -0.2) is 39.9 Å². The van der Waals surface area contributed by atoms with E-state index in [9.17, 15) is 13.2 Å². The summed E-state index contributed by atoms with van der Waals surface area (Å²) in [5.74, 6) is -0.187. The molecule has 22 heavy (non-hydrogen) atoms. The number of sulfonamides is 1. The van der Waals surface area contributed by atoms with Crippen LogP contribution in [0.5, 0.6) is 0 Å². The SMILES string of the molecule is CN(C)C(=O)c1ccc(S(=O)(=O)N2CCc3ccccc32)s1. The molecule has 0 atom stereocenters. The smallest absolute Gasteiger partial charge is 0.273 e. The molecule has 1 aliphatic rings. The molecule has 0 saturated carbocycles. The number of benzene rings is 1. The summed E-state index contributed by atoms with van der Waals surface area (Å²) >= 11 is 1.02. The van der Waals surface area contributed by atoms with Gasteiger partial charge in [0.25, 0.3) is 15.9 Å². The molecule has 1 aliphatic heterocycles. The molecule has 116 valence electrons. The second-order valence-corrected chi connectivity index (χ2v) is 8.45. The lowest BCUT2D eigenvalue weighted by atomic mass is 10.2. The maximum Gasteiger partial charge on any atom is 0.273 e. The molecular formula is C15H16N2O3S2. The second kappa shape index (κ2) is 5.40. The molecule has 0 aliphatic carbocycles. The molecule has 1 amide bonds. The summed E-state index contributed by atoms with van der Waals surface area (Å²) in [6.07, 6.45) is 0.713. The monoisotopic (exact) mass is 336 g/mol. The Kier molecular flexibility index (Phi) is 3.70. The lowest BCUT2D eigenvalue weighted by Crippen LogP contribution is -2.28. The summed E-state index contributed by atoms with van der Waals surface area (Å²) < 4.78 is 27.3. The molecule has 1 aromatic carbocycles. The van der Waals surface area contributed by atoms with E-state index in [0.717, 1.165) is 22.6 Å². The molecule has 7 heteroatoms. The van der Waals surface area contributed by atoms with Crippen molar-refractivity contribution in [1.29, 1.82) is 0 Å². The fourth-order valence-corrected chi connectivity index (χ4v) is 5.41. The van der Waals surface area contributed by atoms with Crippen molar-refractivity contribution in [1.82, 2.24) is 4.90 Å². The van der Waals surface area contributed by atoms with Crippen LogP contribution in [0.15, 0.2) is 40.6 Å². The summed E-state index contributed by atoms with van der Waals surface area (Å²) in [7, 11) is -0.318. The van der Waals surface area contributed by atoms with Crippen molar-refractivity contribution in [3.63, 3.8) is 0 Å². The molecule has 1 aromatic heterocycles. The number of hydrogen-bond acceptors (Lipinski definition) is 4. The lowest BCUT2D eigenvalue weighted by molar-refractivity contribution is 0.0832. The van der Waals surface area contributed by atoms with E-state index in [2.05, 4.69) is 0 Å². The van der Waals surface area contributed by atoms with Gasteiger partial charge in [-0.3, -0.25) is 9.10 Å². The third-order valence-corrected chi connectivity index (χ3v) is 6.94. The Balaban J connectivity index is 1.97. The highest BCUT2D eigenvalue weighted by atomic mass is 32.2. The van der Waals surface area contributed by atoms with Gasteiger partial charge in [0.2, 0.25) is 0 Å². The summed E-state index contributed by atoms with van der Waals surface area (Å²) in [6.45, 7) is 0.441. The van der Waals surface area contributed by atoms with E-state index in [4.69, 9.17) is 0 Å². The Morgan fingerprint density at radius 3 is 2.64 bits per heavy atom. The van der Waals surface area contributed by atoms with E-state index < -0.39 is 10.0 Å². The van der Waals surface area contributed by atoms with Crippen LogP contribution in [0.4, 0.5) is 5.69 Å². The van der Waals surface area contributed by atoms with Crippen molar-refractivity contribution in [2.24, 2.45) is 0 Å². The molecule has 0 bridgehead atoms. The average molecular weight is 336 g/mol. The van der Waals surface area contributed by atoms with Gasteiger partial charge in [-0.25, -0.2) is 8.42 Å². The van der Waals surface area contributed by atoms with Crippen LogP contribution < -0.4 is 4.31 Å². The van der Waals surface area contributed by atoms with Gasteiger partial charge >= 0.3 is 0 Å². The first-order chi connectivity index (χ1) is 10.4. The fourth-order valence-electron chi connectivity index (χ4n) is 2.46. The zero-order valence-electron chi connectivity index (χ0n) is 12.3. The highest BCUT2D eigenvalue weighted by molar-refractivity contribution is 7.94. The van der Waals surface area contributed by atoms with Crippen molar-refractivity contribution in [3.05, 3.63) is 46.8 Å². The minimum atomic E-state index is -3.61. The van der Waals surface area contributed by atoms with E-state index >= 15 is 0 Å². The van der Waals surface area contributed by atoms with Gasteiger partial charge in [0.1, 0.15) is 4.21 Å². The number of rotatable bonds is 3. The molecule has 5 nitrogen and oxygen atoms in total. The van der Waals surface area contributed by atoms with Crippen molar-refractivity contribution in [2.45, 2.75) is 10.6 Å². The quantitative estimate of drug-likeness (QED) is 0.863. The number of carbonyl (C=O) groups excluding carboxylic acids is 1. The molecule has 0 radical (unpaired) electrons. The number of nitrogens with zero attached hydrogens (tertiary/aromatic N) is 2. The Bertz CT molecular complexity index is 825. The highest BCUT2D eigenvalue weighted by Gasteiger charge is 2.32. The minimum absolute atomic E-state index is 0.187. The lowest BCUT2D eigenvalue weighted by Gasteiger charge is -2.18. The predicted molar refractivity (Wildman–Crippen MR) is 87.0 cm³/mol. The summed E-state index contributed by atoms with van der Waals surface area (Å²) in [4.78, 5) is 13.8. The number of amides is 1. The Labute approximate surface area is 133 Å². The zero-order valence-corrected chi connectivity index (χ0v) is 13.9. The second-order valence-electron chi connectivity index (χ2n) is 5.27. The van der Waals surface area contributed by atoms with Gasteiger partial charge in [0, 0.05) is 20.6 Å². The van der Waals surface area contributed by atoms with Crippen molar-refractivity contribution >= 4 is 33.0 Å². The van der Waals surface area contributed by atoms with E-state index in [1.165, 1.54) is 15.3 Å². The fraction of sp³-hybridized carbons (Fsp3) is 0.267. The van der Waals surface area contributed by atoms with Crippen LogP contribution in [0.1, 0.15) is 15.2 Å². The van der Waals surface area contributed by atoms with Crippen molar-refractivity contribution in [3.8, 4) is 0 Å². The number of carbonyl (C=O) groups is 1. The van der Waals surface area contributed by atoms with Crippen LogP contribution in [0.3, 0.4) is 0 Å². The predicted octanol–water partition coefficient (Wildman–Crippen LogP) is 2.20. The van der Waals surface area contributed by atoms with E-state index in [1.807, 2.05) is 24.3 Å². The van der Waals surface area contributed by atoms with Gasteiger partial charge in [-0.05, 0) is 30.2 Å². The van der Waals surface area contributed by atoms with Crippen LogP contribution in [0.2, 0.25) is 0 Å². The van der Waals surface area contributed by atoms with Gasteiger partial charge in [-0.15, -0.1) is 11.3 Å². The van der Waals surface area contributed by atoms with Gasteiger partial charge in [0.15, 0.2) is 0 Å². The molecule has 0 saturated heterocycles. The van der Waals surface area contributed by atoms with Crippen LogP contribution >= 0.6 is 11.3 Å². The molecule has 2 heterocycles. The third-order valence-electron chi connectivity index (χ3n) is 3.59. The summed E-state index contributed by atoms with van der Waals surface area (Å²) in [5.41, 5.74) is 1.77. The summed E-state index contributed by atoms with van der Waals surface area (Å²) in [5, 5.41) is 0. The first-order valence-corrected chi connectivity index (χ1v) is 9.09. The number of hydrogen-bond donors (Lipinski definition) is 0. The Hall–Kier alpha value is -1.86. The number of fused-ring (bicyclic) bond motifs is 1. The highest BCUT2D eigenvalue weighted by Crippen LogP contribution is 2.34. The van der Waals surface area contributed by atoms with Crippen LogP contribution in [-0.2, 0) is 16.4 Å². The van der Waals surface area contributed by atoms with Crippen molar-refractivity contribution in [2.75, 3.05) is 24.9 Å². The van der Waals surface area contributed by atoms with Gasteiger partial charge < -0.3 is 4.90 Å². The molecule has 0 unspecified atom stereocenters. The van der Waals surface area contributed by atoms with Crippen LogP contribution in [0, 0.1) is 0 Å². The Morgan fingerprint density at radius 2 is 1.91 bits per heavy atom. The van der Waals surface area contributed by atoms with Gasteiger partial charge in [-0.1, -0.05) is 18.2 Å². The number of para-hydroxylation sites is 1. The first-order valence-electron chi connectivity index (χ1n) is 6.83. The van der Waals surface area contributed by atoms with Crippen LogP contribution in [0.25, 0.3) is 0 Å². The topological polar surface area (TPSA) is 57.7 Å². The molecule has 0 N–H and O–H groups in total. The molecule has 0 fully saturated rings. The maximum atomic E-state index is 12.8. The number of anilines is 1. The summed E-state index contributed by atoms with van der Waals surface area (Å²) in [6, 6.07) is 10.6. The minimum Gasteiger partial charge on any atom is -0.344 e. The number of thiophene rings is 1. The standard InChI is InChI=1S/C15H16N2O3S2/c1-16(2)15(18)13-7-8-14(21-13)22(19,20)17-10-9-11-5-3-4-6-12(11)17/h3-8H,9-10H2,1-2H3. The average Bonchev–Trinajstić information content (AvgIpc) is 3.13. The van der Waals surface area contributed by atoms with E-state index in [1.54, 1.807) is 20.2 Å². The third kappa shape index (κ3) is 2.40. The maximum absolute atomic E-state index is 12.8. The first kappa shape index (κ1) is 15.1. The molecular weight excluding hydrogens is 320 g/mol. The Morgan fingerprint density at radius 1 is 1.18 bits per heavy atom. The zero-order chi connectivity index (χ0) is 15.9. The van der Waals surface area contributed by atoms with E-state index in [0.29, 0.717) is 17.8 Å². The largest absolute Gasteiger partial charge is 0.344 e. The van der Waals surface area contributed by atoms with Gasteiger partial charge in [-0.2, -0.15) is 0 Å². The van der Waals surface area contributed by atoms with E-state index in [-0.39, 0.29) is 10.1 Å². The molecule has 3 rings (SSSR count). The normalized spacial score (nSPS) is 14.0. The van der Waals surface area contributed by atoms with Gasteiger partial charge in [0.05, 0.1) is 10.6 Å². The molecule has 0 spiro atoms.